The molecule has 38 heavy (non-hydrogen) atoms. The monoisotopic (exact) mass is 501 g/mol. The number of nitrogens with two attached hydrogens (primary N) is 1. The van der Waals surface area contributed by atoms with E-state index in [0.29, 0.717) is 56.8 Å². The molecule has 1 aliphatic carbocycles. The van der Waals surface area contributed by atoms with Crippen molar-refractivity contribution in [2.75, 3.05) is 11.1 Å². The first kappa shape index (κ1) is 23.2. The Balaban J connectivity index is 1.61. The van der Waals surface area contributed by atoms with Crippen molar-refractivity contribution >= 4 is 39.2 Å². The molecule has 0 radical (unpaired) electrons. The highest BCUT2D eigenvalue weighted by molar-refractivity contribution is 6.08. The van der Waals surface area contributed by atoms with E-state index in [-0.39, 0.29) is 11.0 Å². The van der Waals surface area contributed by atoms with Crippen LogP contribution in [0.4, 0.5) is 11.4 Å². The fraction of sp³-hybridized carbons (Fsp3) is 0.0645. The fourth-order valence-corrected chi connectivity index (χ4v) is 4.95. The van der Waals surface area contributed by atoms with Crippen LogP contribution in [0.1, 0.15) is 21.5 Å². The lowest BCUT2D eigenvalue weighted by atomic mass is 9.89. The molecule has 4 aromatic rings. The molecule has 0 fully saturated rings. The third-order valence-electron chi connectivity index (χ3n) is 6.84. The maximum absolute atomic E-state index is 12.6. The molecule has 1 aliphatic heterocycles. The number of anilines is 2. The summed E-state index contributed by atoms with van der Waals surface area (Å²) in [5, 5.41) is 15.1. The normalized spacial score (nSPS) is 11.3. The summed E-state index contributed by atoms with van der Waals surface area (Å²) in [5.74, 6) is -0.678. The van der Waals surface area contributed by atoms with E-state index >= 15 is 0 Å². The quantitative estimate of drug-likeness (QED) is 0.187. The molecule has 0 saturated carbocycles. The van der Waals surface area contributed by atoms with Crippen molar-refractivity contribution in [2.24, 2.45) is 0 Å². The van der Waals surface area contributed by atoms with Crippen LogP contribution in [0.3, 0.4) is 0 Å². The highest BCUT2D eigenvalue weighted by Gasteiger charge is 2.24. The van der Waals surface area contributed by atoms with Crippen molar-refractivity contribution in [3.05, 3.63) is 112 Å². The number of fused-ring (bicyclic) bond motifs is 3. The third-order valence-corrected chi connectivity index (χ3v) is 6.84. The Labute approximate surface area is 217 Å². The van der Waals surface area contributed by atoms with Crippen molar-refractivity contribution in [3.63, 3.8) is 0 Å². The van der Waals surface area contributed by atoms with Crippen LogP contribution >= 0.6 is 0 Å². The number of hydrogen-bond acceptors (Lipinski definition) is 6. The van der Waals surface area contributed by atoms with Crippen LogP contribution in [0.15, 0.2) is 94.3 Å². The zero-order valence-corrected chi connectivity index (χ0v) is 20.5. The average molecular weight is 502 g/mol. The van der Waals surface area contributed by atoms with Gasteiger partial charge in [-0.2, -0.15) is 0 Å². The van der Waals surface area contributed by atoms with Gasteiger partial charge < -0.3 is 20.6 Å². The predicted molar refractivity (Wildman–Crippen MR) is 150 cm³/mol. The minimum Gasteiger partial charge on any atom is -0.478 e. The number of pyridine rings is 1. The lowest BCUT2D eigenvalue weighted by molar-refractivity contribution is 0.0697. The van der Waals surface area contributed by atoms with Crippen molar-refractivity contribution in [1.82, 2.24) is 4.98 Å². The van der Waals surface area contributed by atoms with E-state index in [0.717, 1.165) is 16.6 Å². The van der Waals surface area contributed by atoms with Crippen LogP contribution < -0.4 is 16.5 Å². The van der Waals surface area contributed by atoms with Crippen molar-refractivity contribution in [1.29, 1.82) is 0 Å². The SMILES string of the molecule is Cc1cc2c(-c3ccccc3C(=O)O)c3ccc(N)c(CNc4cccc5cccnc45)c3oc-2cc1=O. The topological polar surface area (TPSA) is 118 Å². The first-order valence-corrected chi connectivity index (χ1v) is 12.1. The summed E-state index contributed by atoms with van der Waals surface area (Å²) in [7, 11) is 0. The summed E-state index contributed by atoms with van der Waals surface area (Å²) in [5.41, 5.74) is 12.2. The predicted octanol–water partition coefficient (Wildman–Crippen LogP) is 6.31. The average Bonchev–Trinajstić information content (AvgIpc) is 2.92. The number of carboxylic acids is 1. The number of benzene rings is 4. The third kappa shape index (κ3) is 3.81. The number of nitrogens with zero attached hydrogens (tertiary/aromatic N) is 1. The number of para-hydroxylation sites is 1. The molecular formula is C31H23N3O4. The van der Waals surface area contributed by atoms with Crippen LogP contribution in [0.5, 0.6) is 0 Å². The molecule has 2 heterocycles. The molecule has 7 nitrogen and oxygen atoms in total. The van der Waals surface area contributed by atoms with Gasteiger partial charge in [0.25, 0.3) is 0 Å². The number of nitrogen functional groups attached to an aromatic ring is 1. The van der Waals surface area contributed by atoms with Crippen molar-refractivity contribution in [2.45, 2.75) is 13.5 Å². The van der Waals surface area contributed by atoms with E-state index in [1.807, 2.05) is 36.4 Å². The van der Waals surface area contributed by atoms with Gasteiger partial charge in [-0.25, -0.2) is 4.79 Å². The Morgan fingerprint density at radius 3 is 2.66 bits per heavy atom. The number of carboxylic acid groups (broad SMARTS) is 1. The molecule has 0 saturated heterocycles. The Bertz CT molecular complexity index is 1900. The summed E-state index contributed by atoms with van der Waals surface area (Å²) >= 11 is 0. The summed E-state index contributed by atoms with van der Waals surface area (Å²) < 4.78 is 6.35. The first-order chi connectivity index (χ1) is 18.4. The van der Waals surface area contributed by atoms with Gasteiger partial charge in [0, 0.05) is 52.0 Å². The summed E-state index contributed by atoms with van der Waals surface area (Å²) in [4.78, 5) is 29.3. The zero-order chi connectivity index (χ0) is 26.4. The molecule has 0 unspecified atom stereocenters. The zero-order valence-electron chi connectivity index (χ0n) is 20.5. The van der Waals surface area contributed by atoms with Gasteiger partial charge in [0.2, 0.25) is 0 Å². The second-order valence-corrected chi connectivity index (χ2v) is 9.19. The van der Waals surface area contributed by atoms with Gasteiger partial charge in [-0.05, 0) is 54.4 Å². The Morgan fingerprint density at radius 1 is 1.00 bits per heavy atom. The fourth-order valence-electron chi connectivity index (χ4n) is 4.95. The van der Waals surface area contributed by atoms with Crippen molar-refractivity contribution in [3.8, 4) is 22.5 Å². The first-order valence-electron chi connectivity index (χ1n) is 12.1. The minimum absolute atomic E-state index is 0.156. The Morgan fingerprint density at radius 2 is 1.82 bits per heavy atom. The molecule has 4 N–H and O–H groups in total. The number of hydrogen-bond donors (Lipinski definition) is 3. The number of aromatic carboxylic acids is 1. The van der Waals surface area contributed by atoms with Gasteiger partial charge in [0.05, 0.1) is 16.8 Å². The van der Waals surface area contributed by atoms with Crippen LogP contribution in [0.2, 0.25) is 0 Å². The van der Waals surface area contributed by atoms with E-state index in [2.05, 4.69) is 10.3 Å². The summed E-state index contributed by atoms with van der Waals surface area (Å²) in [6.07, 6.45) is 1.75. The van der Waals surface area contributed by atoms with Crippen LogP contribution in [-0.2, 0) is 6.54 Å². The van der Waals surface area contributed by atoms with Gasteiger partial charge in [0.1, 0.15) is 11.3 Å². The van der Waals surface area contributed by atoms with Gasteiger partial charge in [-0.3, -0.25) is 9.78 Å². The number of aromatic nitrogens is 1. The summed E-state index contributed by atoms with van der Waals surface area (Å²) in [6.45, 7) is 2.05. The van der Waals surface area contributed by atoms with E-state index in [9.17, 15) is 14.7 Å². The maximum Gasteiger partial charge on any atom is 0.336 e. The van der Waals surface area contributed by atoms with Gasteiger partial charge in [0.15, 0.2) is 5.43 Å². The number of rotatable bonds is 5. The Kier molecular flexibility index (Phi) is 5.53. The number of aryl methyl sites for hydroxylation is 1. The highest BCUT2D eigenvalue weighted by atomic mass is 16.4. The molecule has 6 rings (SSSR count). The molecule has 0 bridgehead atoms. The standard InChI is InChI=1S/C31H23N3O4/c1-17-14-22-27(15-26(17)35)38-30-21(28(22)19-8-2-3-9-20(19)31(36)37)11-12-24(32)23(30)16-34-25-10-4-6-18-7-5-13-33-29(18)25/h2-15,34H,16,32H2,1H3,(H,36,37). The second kappa shape index (κ2) is 9.05. The number of carbonyl (C=O) groups is 1. The van der Waals surface area contributed by atoms with Crippen molar-refractivity contribution < 1.29 is 14.3 Å². The second-order valence-electron chi connectivity index (χ2n) is 9.19. The maximum atomic E-state index is 12.6. The van der Waals surface area contributed by atoms with E-state index < -0.39 is 5.97 Å². The van der Waals surface area contributed by atoms with E-state index in [4.69, 9.17) is 10.2 Å². The molecule has 7 heteroatoms. The molecule has 186 valence electrons. The lowest BCUT2D eigenvalue weighted by Gasteiger charge is -2.20. The van der Waals surface area contributed by atoms with E-state index in [1.165, 1.54) is 6.07 Å². The highest BCUT2D eigenvalue weighted by Crippen LogP contribution is 2.43. The largest absolute Gasteiger partial charge is 0.478 e. The van der Waals surface area contributed by atoms with Crippen LogP contribution in [-0.4, -0.2) is 16.1 Å². The molecule has 0 amide bonds. The van der Waals surface area contributed by atoms with Gasteiger partial charge in [-0.15, -0.1) is 0 Å². The summed E-state index contributed by atoms with van der Waals surface area (Å²) in [6, 6.07) is 23.5. The lowest BCUT2D eigenvalue weighted by Crippen LogP contribution is -2.08. The Hall–Kier alpha value is -5.17. The molecule has 2 aliphatic rings. The molecule has 0 atom stereocenters. The molecule has 3 aromatic carbocycles. The van der Waals surface area contributed by atoms with Gasteiger partial charge in [-0.1, -0.05) is 36.4 Å². The molecule has 1 aromatic heterocycles. The smallest absolute Gasteiger partial charge is 0.336 e. The molecule has 0 spiro atoms. The minimum atomic E-state index is -1.04. The number of nitrogens with one attached hydrogen (secondary N) is 1. The van der Waals surface area contributed by atoms with Crippen LogP contribution in [0, 0.1) is 6.92 Å². The van der Waals surface area contributed by atoms with E-state index in [1.54, 1.807) is 49.5 Å². The molecular weight excluding hydrogens is 478 g/mol. The van der Waals surface area contributed by atoms with Crippen LogP contribution in [0.25, 0.3) is 44.3 Å². The van der Waals surface area contributed by atoms with Gasteiger partial charge >= 0.3 is 5.97 Å².